The second kappa shape index (κ2) is 8.53. The smallest absolute Gasteiger partial charge is 0.266 e. The summed E-state index contributed by atoms with van der Waals surface area (Å²) in [5.41, 5.74) is 2.85. The maximum absolute atomic E-state index is 12.2. The van der Waals surface area contributed by atoms with Crippen LogP contribution in [0.15, 0.2) is 42.5 Å². The summed E-state index contributed by atoms with van der Waals surface area (Å²) in [5.74, 6) is 0.401. The number of ether oxygens (including phenoxy) is 1. The van der Waals surface area contributed by atoms with Gasteiger partial charge in [-0.1, -0.05) is 24.3 Å². The summed E-state index contributed by atoms with van der Waals surface area (Å²) < 4.78 is 5.65. The molecule has 2 aliphatic rings. The predicted octanol–water partition coefficient (Wildman–Crippen LogP) is 1.75. The lowest BCUT2D eigenvalue weighted by Crippen LogP contribution is -2.43. The fraction of sp³-hybridized carbons (Fsp3) is 0.364. The van der Waals surface area contributed by atoms with Gasteiger partial charge >= 0.3 is 0 Å². The zero-order valence-corrected chi connectivity index (χ0v) is 16.1. The Morgan fingerprint density at radius 1 is 1.17 bits per heavy atom. The molecule has 2 aromatic rings. The summed E-state index contributed by atoms with van der Waals surface area (Å²) in [6.07, 6.45) is 1.87. The average molecular weight is 395 g/mol. The van der Waals surface area contributed by atoms with Gasteiger partial charge in [0.15, 0.2) is 6.10 Å². The van der Waals surface area contributed by atoms with Crippen LogP contribution in [0.4, 0.5) is 5.69 Å². The Labute approximate surface area is 169 Å². The van der Waals surface area contributed by atoms with Crippen LogP contribution < -0.4 is 20.7 Å². The molecule has 0 aromatic heterocycles. The summed E-state index contributed by atoms with van der Waals surface area (Å²) in [7, 11) is 0. The molecule has 1 heterocycles. The van der Waals surface area contributed by atoms with E-state index < -0.39 is 6.10 Å². The number of para-hydroxylation sites is 2. The van der Waals surface area contributed by atoms with Crippen molar-refractivity contribution in [1.29, 1.82) is 0 Å². The van der Waals surface area contributed by atoms with Gasteiger partial charge in [0, 0.05) is 19.1 Å². The highest BCUT2D eigenvalue weighted by Gasteiger charge is 2.29. The summed E-state index contributed by atoms with van der Waals surface area (Å²) in [6.45, 7) is 1.09. The van der Waals surface area contributed by atoms with Gasteiger partial charge in [0.1, 0.15) is 11.5 Å². The third kappa shape index (κ3) is 4.51. The van der Waals surface area contributed by atoms with E-state index in [1.54, 1.807) is 18.2 Å². The number of hydrogen-bond acceptors (Lipinski definition) is 5. The maximum atomic E-state index is 12.2. The number of phenolic OH excluding ortho intramolecular Hbond substituents is 1. The topological polar surface area (TPSA) is 99.7 Å². The Morgan fingerprint density at radius 2 is 2.03 bits per heavy atom. The highest BCUT2D eigenvalue weighted by Crippen LogP contribution is 2.30. The van der Waals surface area contributed by atoms with Gasteiger partial charge in [0.25, 0.3) is 5.91 Å². The van der Waals surface area contributed by atoms with Crippen LogP contribution in [-0.2, 0) is 22.4 Å². The molecule has 1 aliphatic carbocycles. The zero-order valence-electron chi connectivity index (χ0n) is 16.1. The largest absolute Gasteiger partial charge is 0.508 e. The lowest BCUT2D eigenvalue weighted by atomic mass is 9.87. The Balaban J connectivity index is 1.19. The first-order valence-corrected chi connectivity index (χ1v) is 9.96. The predicted molar refractivity (Wildman–Crippen MR) is 109 cm³/mol. The normalized spacial score (nSPS) is 20.1. The first kappa shape index (κ1) is 19.3. The van der Waals surface area contributed by atoms with Crippen molar-refractivity contribution in [2.45, 2.75) is 37.8 Å². The zero-order chi connectivity index (χ0) is 20.2. The lowest BCUT2D eigenvalue weighted by molar-refractivity contribution is -0.130. The monoisotopic (exact) mass is 395 g/mol. The number of anilines is 1. The number of phenols is 1. The van der Waals surface area contributed by atoms with E-state index in [2.05, 4.69) is 22.0 Å². The Kier molecular flexibility index (Phi) is 5.67. The van der Waals surface area contributed by atoms with Crippen molar-refractivity contribution in [2.24, 2.45) is 0 Å². The number of benzene rings is 2. The van der Waals surface area contributed by atoms with Gasteiger partial charge in [-0.25, -0.2) is 0 Å². The van der Waals surface area contributed by atoms with Crippen LogP contribution >= 0.6 is 0 Å². The van der Waals surface area contributed by atoms with Gasteiger partial charge in [-0.05, 0) is 48.6 Å². The molecular weight excluding hydrogens is 370 g/mol. The van der Waals surface area contributed by atoms with Gasteiger partial charge in [-0.3, -0.25) is 9.59 Å². The second-order valence-electron chi connectivity index (χ2n) is 7.45. The molecule has 152 valence electrons. The van der Waals surface area contributed by atoms with Crippen LogP contribution in [0.1, 0.15) is 24.0 Å². The first-order chi connectivity index (χ1) is 14.1. The highest BCUT2D eigenvalue weighted by molar-refractivity contribution is 5.99. The third-order valence-electron chi connectivity index (χ3n) is 5.42. The number of rotatable bonds is 6. The number of fused-ring (bicyclic) bond motifs is 2. The number of aryl methyl sites for hydroxylation is 1. The Hall–Kier alpha value is -3.06. The number of aromatic hydroxyl groups is 1. The van der Waals surface area contributed by atoms with Crippen LogP contribution in [0.2, 0.25) is 0 Å². The molecule has 0 radical (unpaired) electrons. The van der Waals surface area contributed by atoms with Crippen LogP contribution in [0, 0.1) is 0 Å². The van der Waals surface area contributed by atoms with Crippen LogP contribution in [-0.4, -0.2) is 42.2 Å². The molecule has 2 amide bonds. The van der Waals surface area contributed by atoms with Crippen molar-refractivity contribution < 1.29 is 19.4 Å². The number of amides is 2. The molecule has 7 heteroatoms. The highest BCUT2D eigenvalue weighted by atomic mass is 16.5. The molecule has 0 fully saturated rings. The average Bonchev–Trinajstić information content (AvgIpc) is 2.72. The van der Waals surface area contributed by atoms with E-state index in [0.717, 1.165) is 24.8 Å². The molecule has 2 unspecified atom stereocenters. The molecule has 2 atom stereocenters. The van der Waals surface area contributed by atoms with E-state index in [0.29, 0.717) is 30.3 Å². The van der Waals surface area contributed by atoms with Crippen LogP contribution in [0.5, 0.6) is 11.5 Å². The van der Waals surface area contributed by atoms with Crippen LogP contribution in [0.3, 0.4) is 0 Å². The molecule has 7 nitrogen and oxygen atoms in total. The van der Waals surface area contributed by atoms with Crippen molar-refractivity contribution in [3.63, 3.8) is 0 Å². The van der Waals surface area contributed by atoms with E-state index in [1.807, 2.05) is 18.2 Å². The van der Waals surface area contributed by atoms with Crippen molar-refractivity contribution in [2.75, 3.05) is 18.4 Å². The maximum Gasteiger partial charge on any atom is 0.266 e. The number of carbonyl (C=O) groups is 2. The van der Waals surface area contributed by atoms with Crippen molar-refractivity contribution in [3.05, 3.63) is 53.6 Å². The minimum atomic E-state index is -0.823. The first-order valence-electron chi connectivity index (χ1n) is 9.96. The Bertz CT molecular complexity index is 915. The van der Waals surface area contributed by atoms with Gasteiger partial charge in [-0.15, -0.1) is 0 Å². The Morgan fingerprint density at radius 3 is 2.93 bits per heavy atom. The molecular formula is C22H25N3O4. The fourth-order valence-corrected chi connectivity index (χ4v) is 3.89. The van der Waals surface area contributed by atoms with E-state index in [9.17, 15) is 14.7 Å². The number of nitrogens with one attached hydrogen (secondary N) is 3. The van der Waals surface area contributed by atoms with Crippen molar-refractivity contribution in [3.8, 4) is 11.5 Å². The van der Waals surface area contributed by atoms with E-state index in [-0.39, 0.29) is 24.3 Å². The fourth-order valence-electron chi connectivity index (χ4n) is 3.89. The van der Waals surface area contributed by atoms with Gasteiger partial charge in [-0.2, -0.15) is 0 Å². The SMILES string of the molecule is O=C(CC1Oc2ccccc2NC1=O)NCCNC1CCc2cccc(O)c2C1. The molecule has 0 saturated carbocycles. The molecule has 29 heavy (non-hydrogen) atoms. The molecule has 0 saturated heterocycles. The van der Waals surface area contributed by atoms with Gasteiger partial charge in [0.2, 0.25) is 5.91 Å². The molecule has 0 spiro atoms. The quantitative estimate of drug-likeness (QED) is 0.559. The molecule has 1 aliphatic heterocycles. The van der Waals surface area contributed by atoms with Crippen LogP contribution in [0.25, 0.3) is 0 Å². The lowest BCUT2D eigenvalue weighted by Gasteiger charge is -2.26. The number of carbonyl (C=O) groups excluding carboxylic acids is 2. The minimum Gasteiger partial charge on any atom is -0.508 e. The molecule has 2 aromatic carbocycles. The number of hydrogen-bond donors (Lipinski definition) is 4. The minimum absolute atomic E-state index is 0.0230. The molecule has 4 rings (SSSR count). The standard InChI is InChI=1S/C22H25N3O4/c26-18-6-3-4-14-8-9-15(12-16(14)18)23-10-11-24-21(27)13-20-22(28)25-17-5-1-2-7-19(17)29-20/h1-7,15,20,23,26H,8-13H2,(H,24,27)(H,25,28). The summed E-state index contributed by atoms with van der Waals surface area (Å²) >= 11 is 0. The summed E-state index contributed by atoms with van der Waals surface area (Å²) in [4.78, 5) is 24.3. The van der Waals surface area contributed by atoms with Crippen molar-refractivity contribution in [1.82, 2.24) is 10.6 Å². The molecule has 4 N–H and O–H groups in total. The van der Waals surface area contributed by atoms with E-state index in [1.165, 1.54) is 5.56 Å². The van der Waals surface area contributed by atoms with E-state index in [4.69, 9.17) is 4.74 Å². The summed E-state index contributed by atoms with van der Waals surface area (Å²) in [5, 5.41) is 19.1. The third-order valence-corrected chi connectivity index (χ3v) is 5.42. The molecule has 0 bridgehead atoms. The van der Waals surface area contributed by atoms with Gasteiger partial charge in [0.05, 0.1) is 12.1 Å². The van der Waals surface area contributed by atoms with Crippen molar-refractivity contribution >= 4 is 17.5 Å². The van der Waals surface area contributed by atoms with Gasteiger partial charge < -0.3 is 25.8 Å². The van der Waals surface area contributed by atoms with E-state index >= 15 is 0 Å². The second-order valence-corrected chi connectivity index (χ2v) is 7.45. The summed E-state index contributed by atoms with van der Waals surface area (Å²) in [6, 6.07) is 13.1.